The van der Waals surface area contributed by atoms with E-state index in [0.717, 1.165) is 45.4 Å². The molecule has 2 saturated heterocycles. The van der Waals surface area contributed by atoms with Gasteiger partial charge in [0.25, 0.3) is 0 Å². The van der Waals surface area contributed by atoms with Gasteiger partial charge in [0, 0.05) is 73.6 Å². The zero-order chi connectivity index (χ0) is 25.0. The van der Waals surface area contributed by atoms with Crippen molar-refractivity contribution in [2.75, 3.05) is 39.3 Å². The van der Waals surface area contributed by atoms with E-state index in [0.29, 0.717) is 12.1 Å². The fraction of sp³-hybridized carbons (Fsp3) is 0.630. The summed E-state index contributed by atoms with van der Waals surface area (Å²) >= 11 is 0. The third kappa shape index (κ3) is 7.38. The molecule has 0 aliphatic carbocycles. The molecule has 2 aliphatic rings. The summed E-state index contributed by atoms with van der Waals surface area (Å²) in [6.07, 6.45) is 1.01. The first kappa shape index (κ1) is 31.4. The average Bonchev–Trinajstić information content (AvgIpc) is 3.51. The summed E-state index contributed by atoms with van der Waals surface area (Å²) in [5.41, 5.74) is 4.84. The summed E-state index contributed by atoms with van der Waals surface area (Å²) in [6, 6.07) is 13.3. The van der Waals surface area contributed by atoms with E-state index in [4.69, 9.17) is 0 Å². The van der Waals surface area contributed by atoms with Gasteiger partial charge in [-0.25, -0.2) is 6.07 Å². The van der Waals surface area contributed by atoms with Crippen LogP contribution in [0.15, 0.2) is 36.4 Å². The van der Waals surface area contributed by atoms with Gasteiger partial charge in [-0.05, 0) is 0 Å². The summed E-state index contributed by atoms with van der Waals surface area (Å²) in [6.45, 7) is 20.9. The molecular formula is C27H48FeN4P2Si-6. The van der Waals surface area contributed by atoms with Crippen molar-refractivity contribution in [3.05, 3.63) is 53.1 Å². The van der Waals surface area contributed by atoms with Crippen LogP contribution in [0.3, 0.4) is 0 Å². The molecule has 4 unspecified atom stereocenters. The molecule has 204 valence electrons. The topological polar surface area (TPSA) is 48.1 Å². The van der Waals surface area contributed by atoms with Crippen molar-refractivity contribution in [1.82, 2.24) is 21.3 Å². The molecule has 0 amide bonds. The van der Waals surface area contributed by atoms with Gasteiger partial charge in [-0.15, -0.1) is 29.6 Å². The summed E-state index contributed by atoms with van der Waals surface area (Å²) in [7, 11) is 4.91. The quantitative estimate of drug-likeness (QED) is 0.252. The predicted octanol–water partition coefficient (Wildman–Crippen LogP) is 3.22. The minimum Gasteiger partial charge on any atom is -0.748 e. The van der Waals surface area contributed by atoms with Gasteiger partial charge in [-0.3, -0.25) is 0 Å². The van der Waals surface area contributed by atoms with Gasteiger partial charge in [0.15, 0.2) is 0 Å². The van der Waals surface area contributed by atoms with Crippen LogP contribution >= 0.6 is 18.5 Å². The second-order valence-corrected chi connectivity index (χ2v) is 18.3. The fourth-order valence-corrected chi connectivity index (χ4v) is 8.51. The average molecular weight is 575 g/mol. The summed E-state index contributed by atoms with van der Waals surface area (Å²) in [5.74, 6) is 0. The van der Waals surface area contributed by atoms with Crippen molar-refractivity contribution in [2.45, 2.75) is 69.2 Å². The predicted molar refractivity (Wildman–Crippen MR) is 160 cm³/mol. The van der Waals surface area contributed by atoms with Gasteiger partial charge < -0.3 is 51.6 Å². The van der Waals surface area contributed by atoms with Crippen LogP contribution in [0.5, 0.6) is 0 Å². The molecular weight excluding hydrogens is 526 g/mol. The minimum absolute atomic E-state index is 0. The minimum atomic E-state index is -1.48. The molecule has 4 nitrogen and oxygen atoms in total. The van der Waals surface area contributed by atoms with Crippen LogP contribution in [-0.4, -0.2) is 59.4 Å². The van der Waals surface area contributed by atoms with Crippen LogP contribution in [-0.2, 0) is 33.8 Å². The third-order valence-corrected chi connectivity index (χ3v) is 10.7. The Kier molecular flexibility index (Phi) is 11.9. The van der Waals surface area contributed by atoms with E-state index in [1.807, 2.05) is 30.3 Å². The van der Waals surface area contributed by atoms with Crippen molar-refractivity contribution in [1.29, 1.82) is 0 Å². The molecule has 0 aromatic heterocycles. The number of nitrogens with one attached hydrogen (secondary N) is 4. The molecule has 2 aromatic carbocycles. The summed E-state index contributed by atoms with van der Waals surface area (Å²) in [5, 5.41) is 16.7. The van der Waals surface area contributed by atoms with Crippen LogP contribution in [0.4, 0.5) is 0 Å². The maximum absolute atomic E-state index is 3.89. The number of hydrogen-bond acceptors (Lipinski definition) is 4. The molecule has 4 rings (SSSR count). The third-order valence-electron chi connectivity index (χ3n) is 7.16. The molecule has 2 aromatic rings. The molecule has 2 fully saturated rings. The number of hydrogen-bond donors (Lipinski definition) is 4. The zero-order valence-corrected chi connectivity index (χ0v) is 27.0. The smallest absolute Gasteiger partial charge is 0.0507 e. The SMILES string of the molecule is CC(C)(C)[c-]1c([Si](C)(C)C)cc(CP)c1C(P)(C1CNCCN1)C1CNCCN1.[Fe].[cH-]1[cH-][cH-][cH-][cH-]1. The van der Waals surface area contributed by atoms with E-state index in [-0.39, 0.29) is 27.6 Å². The van der Waals surface area contributed by atoms with Gasteiger partial charge in [0.05, 0.1) is 8.07 Å². The molecule has 2 heterocycles. The van der Waals surface area contributed by atoms with Gasteiger partial charge in [0.2, 0.25) is 0 Å². The Morgan fingerprint density at radius 3 is 1.69 bits per heavy atom. The summed E-state index contributed by atoms with van der Waals surface area (Å²) in [4.78, 5) is 0. The molecule has 8 heteroatoms. The van der Waals surface area contributed by atoms with Gasteiger partial charge >= 0.3 is 0 Å². The van der Waals surface area contributed by atoms with Crippen LogP contribution in [0, 0.1) is 0 Å². The Bertz CT molecular complexity index is 839. The van der Waals surface area contributed by atoms with Crippen LogP contribution in [0.2, 0.25) is 19.6 Å². The molecule has 4 atom stereocenters. The maximum Gasteiger partial charge on any atom is 0.0507 e. The van der Waals surface area contributed by atoms with Gasteiger partial charge in [0.1, 0.15) is 0 Å². The normalized spacial score (nSPS) is 23.0. The Labute approximate surface area is 231 Å². The standard InChI is InChI=1S/C22H43N4P2Si.C5H5.Fe/c1-21(2,3)20-16(29(4,5)6)11-15(14-27)19(20)22(28,17-12-23-7-9-25-17)18-13-24-8-10-26-18;1-2-4-5-3-1;/h11,17-18,23-26H,7-10,12-14,27-28H2,1-6H3;1-5H;/q-1;-5;. The molecule has 0 spiro atoms. The van der Waals surface area contributed by atoms with Gasteiger partial charge in [-0.2, -0.15) is 10.8 Å². The van der Waals surface area contributed by atoms with Crippen LogP contribution in [0.1, 0.15) is 37.5 Å². The molecule has 0 radical (unpaired) electrons. The Hall–Kier alpha value is 0.136. The molecule has 0 saturated carbocycles. The fourth-order valence-electron chi connectivity index (χ4n) is 5.53. The van der Waals surface area contributed by atoms with Crippen molar-refractivity contribution < 1.29 is 17.1 Å². The van der Waals surface area contributed by atoms with Gasteiger partial charge in [-0.1, -0.05) is 52.0 Å². The zero-order valence-electron chi connectivity index (χ0n) is 22.6. The van der Waals surface area contributed by atoms with Crippen molar-refractivity contribution in [3.63, 3.8) is 0 Å². The second kappa shape index (κ2) is 13.3. The monoisotopic (exact) mass is 574 g/mol. The molecule has 2 aliphatic heterocycles. The second-order valence-electron chi connectivity index (χ2n) is 11.9. The Balaban J connectivity index is 0.000000640. The first-order valence-corrected chi connectivity index (χ1v) is 17.8. The molecule has 0 bridgehead atoms. The first-order valence-electron chi connectivity index (χ1n) is 12.9. The number of piperazine rings is 2. The molecule has 35 heavy (non-hydrogen) atoms. The van der Waals surface area contributed by atoms with E-state index in [1.54, 1.807) is 16.3 Å². The van der Waals surface area contributed by atoms with E-state index in [9.17, 15) is 0 Å². The van der Waals surface area contributed by atoms with E-state index < -0.39 is 8.07 Å². The Morgan fingerprint density at radius 1 is 0.914 bits per heavy atom. The largest absolute Gasteiger partial charge is 0.748 e. The van der Waals surface area contributed by atoms with Crippen molar-refractivity contribution >= 4 is 31.7 Å². The van der Waals surface area contributed by atoms with E-state index >= 15 is 0 Å². The van der Waals surface area contributed by atoms with Crippen molar-refractivity contribution in [3.8, 4) is 0 Å². The summed E-state index contributed by atoms with van der Waals surface area (Å²) < 4.78 is 0. The van der Waals surface area contributed by atoms with Crippen LogP contribution in [0.25, 0.3) is 0 Å². The van der Waals surface area contributed by atoms with E-state index in [2.05, 4.69) is 86.2 Å². The number of rotatable bonds is 5. The Morgan fingerprint density at radius 2 is 1.37 bits per heavy atom. The van der Waals surface area contributed by atoms with Crippen molar-refractivity contribution in [2.24, 2.45) is 0 Å². The maximum atomic E-state index is 3.89. The van der Waals surface area contributed by atoms with E-state index in [1.165, 1.54) is 5.56 Å². The molecule has 4 N–H and O–H groups in total. The first-order chi connectivity index (χ1) is 16.0. The van der Waals surface area contributed by atoms with Crippen LogP contribution < -0.4 is 26.5 Å².